The summed E-state index contributed by atoms with van der Waals surface area (Å²) in [5.41, 5.74) is 3.44. The number of benzene rings is 1. The van der Waals surface area contributed by atoms with Crippen molar-refractivity contribution < 1.29 is 4.79 Å². The van der Waals surface area contributed by atoms with Gasteiger partial charge in [0.15, 0.2) is 0 Å². The molecule has 0 spiro atoms. The molecule has 0 radical (unpaired) electrons. The number of likely N-dealkylation sites (tertiary alicyclic amines) is 1. The summed E-state index contributed by atoms with van der Waals surface area (Å²) >= 11 is 1.61. The van der Waals surface area contributed by atoms with E-state index in [4.69, 9.17) is 4.98 Å². The van der Waals surface area contributed by atoms with E-state index >= 15 is 0 Å². The summed E-state index contributed by atoms with van der Waals surface area (Å²) in [6.07, 6.45) is 9.44. The summed E-state index contributed by atoms with van der Waals surface area (Å²) in [6.45, 7) is 5.02. The number of aromatic nitrogens is 2. The first-order chi connectivity index (χ1) is 12.6. The molecule has 140 valence electrons. The molecule has 4 nitrogen and oxygen atoms in total. The van der Waals surface area contributed by atoms with Gasteiger partial charge in [0.25, 0.3) is 0 Å². The quantitative estimate of drug-likeness (QED) is 0.791. The van der Waals surface area contributed by atoms with Crippen molar-refractivity contribution in [3.8, 4) is 11.3 Å². The smallest absolute Gasteiger partial charge is 0.236 e. The zero-order valence-corrected chi connectivity index (χ0v) is 16.8. The van der Waals surface area contributed by atoms with E-state index < -0.39 is 0 Å². The molecule has 1 aromatic carbocycles. The van der Waals surface area contributed by atoms with Gasteiger partial charge in [0, 0.05) is 18.3 Å². The Morgan fingerprint density at radius 1 is 1.35 bits per heavy atom. The van der Waals surface area contributed by atoms with Crippen LogP contribution >= 0.6 is 11.8 Å². The number of carbonyl (C=O) groups excluding carboxylic acids is 1. The number of H-pyrrole nitrogens is 1. The zero-order chi connectivity index (χ0) is 18.5. The van der Waals surface area contributed by atoms with Gasteiger partial charge < -0.3 is 9.88 Å². The Balaban J connectivity index is 1.79. The number of carbonyl (C=O) groups is 1. The van der Waals surface area contributed by atoms with E-state index in [1.165, 1.54) is 5.56 Å². The van der Waals surface area contributed by atoms with Crippen LogP contribution in [0, 0.1) is 0 Å². The molecule has 1 aromatic heterocycles. The van der Waals surface area contributed by atoms with Crippen LogP contribution < -0.4 is 0 Å². The van der Waals surface area contributed by atoms with Gasteiger partial charge in [0.1, 0.15) is 5.82 Å². The van der Waals surface area contributed by atoms with Crippen LogP contribution in [0.5, 0.6) is 0 Å². The Hall–Kier alpha value is -1.75. The monoisotopic (exact) mass is 371 g/mol. The molecule has 2 aromatic rings. The predicted molar refractivity (Wildman–Crippen MR) is 109 cm³/mol. The number of hydrogen-bond donors (Lipinski definition) is 1. The van der Waals surface area contributed by atoms with Crippen LogP contribution in [0.3, 0.4) is 0 Å². The fourth-order valence-electron chi connectivity index (χ4n) is 3.60. The molecule has 2 heterocycles. The molecule has 3 rings (SSSR count). The molecule has 1 saturated heterocycles. The van der Waals surface area contributed by atoms with Crippen LogP contribution in [0.25, 0.3) is 11.3 Å². The normalized spacial score (nSPS) is 18.7. The highest BCUT2D eigenvalue weighted by molar-refractivity contribution is 7.99. The topological polar surface area (TPSA) is 49.0 Å². The van der Waals surface area contributed by atoms with Gasteiger partial charge >= 0.3 is 0 Å². The molecule has 1 amide bonds. The minimum absolute atomic E-state index is 0.00357. The van der Waals surface area contributed by atoms with Gasteiger partial charge in [-0.1, -0.05) is 37.6 Å². The molecule has 0 aliphatic carbocycles. The number of aryl methyl sites for hydroxylation is 1. The highest BCUT2D eigenvalue weighted by Gasteiger charge is 2.32. The summed E-state index contributed by atoms with van der Waals surface area (Å²) in [4.78, 5) is 23.0. The van der Waals surface area contributed by atoms with Crippen molar-refractivity contribution in [2.75, 3.05) is 12.8 Å². The van der Waals surface area contributed by atoms with Crippen LogP contribution in [0.15, 0.2) is 30.5 Å². The van der Waals surface area contributed by atoms with Crippen molar-refractivity contribution in [2.24, 2.45) is 0 Å². The van der Waals surface area contributed by atoms with Gasteiger partial charge in [-0.05, 0) is 44.4 Å². The number of hydrogen-bond acceptors (Lipinski definition) is 3. The van der Waals surface area contributed by atoms with Crippen molar-refractivity contribution in [1.29, 1.82) is 0 Å². The van der Waals surface area contributed by atoms with Crippen molar-refractivity contribution in [3.05, 3.63) is 41.9 Å². The first-order valence-corrected chi connectivity index (χ1v) is 10.9. The average molecular weight is 372 g/mol. The minimum atomic E-state index is -0.00357. The maximum absolute atomic E-state index is 12.8. The molecule has 2 unspecified atom stereocenters. The summed E-state index contributed by atoms with van der Waals surface area (Å²) in [7, 11) is 0. The van der Waals surface area contributed by atoms with E-state index in [0.717, 1.165) is 55.7 Å². The molecular formula is C21H29N3OS. The van der Waals surface area contributed by atoms with E-state index in [1.54, 1.807) is 11.8 Å². The summed E-state index contributed by atoms with van der Waals surface area (Å²) in [6, 6.07) is 8.72. The fourth-order valence-corrected chi connectivity index (χ4v) is 3.94. The SMILES string of the molecule is CCCc1ccc(-c2c[nH]c(C3CCCCN3C(=O)C(C)SC)n2)cc1. The summed E-state index contributed by atoms with van der Waals surface area (Å²) < 4.78 is 0. The van der Waals surface area contributed by atoms with E-state index in [9.17, 15) is 4.79 Å². The number of imidazole rings is 1. The standard InChI is InChI=1S/C21H29N3OS/c1-4-7-16-9-11-17(12-10-16)18-14-22-20(23-18)19-8-5-6-13-24(19)21(25)15(2)26-3/h9-12,14-15,19H,4-8,13H2,1-3H3,(H,22,23). The highest BCUT2D eigenvalue weighted by Crippen LogP contribution is 2.32. The van der Waals surface area contributed by atoms with E-state index in [0.29, 0.717) is 0 Å². The molecule has 0 bridgehead atoms. The third-order valence-electron chi connectivity index (χ3n) is 5.19. The van der Waals surface area contributed by atoms with Gasteiger partial charge in [-0.2, -0.15) is 11.8 Å². The fraction of sp³-hybridized carbons (Fsp3) is 0.524. The molecule has 1 fully saturated rings. The predicted octanol–water partition coefficient (Wildman–Crippen LogP) is 4.83. The molecular weight excluding hydrogens is 342 g/mol. The van der Waals surface area contributed by atoms with Crippen molar-refractivity contribution in [2.45, 2.75) is 57.2 Å². The van der Waals surface area contributed by atoms with Gasteiger partial charge in [0.05, 0.1) is 17.0 Å². The number of nitrogens with one attached hydrogen (secondary N) is 1. The number of thioether (sulfide) groups is 1. The van der Waals surface area contributed by atoms with Gasteiger partial charge in [-0.15, -0.1) is 0 Å². The van der Waals surface area contributed by atoms with Crippen molar-refractivity contribution in [1.82, 2.24) is 14.9 Å². The number of nitrogens with zero attached hydrogens (tertiary/aromatic N) is 2. The third kappa shape index (κ3) is 4.14. The van der Waals surface area contributed by atoms with Crippen LogP contribution in [-0.4, -0.2) is 38.8 Å². The Morgan fingerprint density at radius 2 is 2.12 bits per heavy atom. The summed E-state index contributed by atoms with van der Waals surface area (Å²) in [5.74, 6) is 1.14. The second-order valence-electron chi connectivity index (χ2n) is 7.04. The molecule has 26 heavy (non-hydrogen) atoms. The number of rotatable bonds is 6. The Morgan fingerprint density at radius 3 is 2.81 bits per heavy atom. The molecule has 1 aliphatic heterocycles. The Kier molecular flexibility index (Phi) is 6.41. The minimum Gasteiger partial charge on any atom is -0.346 e. The van der Waals surface area contributed by atoms with E-state index in [2.05, 4.69) is 36.2 Å². The lowest BCUT2D eigenvalue weighted by Crippen LogP contribution is -2.42. The molecule has 0 saturated carbocycles. The number of amides is 1. The number of piperidine rings is 1. The van der Waals surface area contributed by atoms with E-state index in [1.807, 2.05) is 24.3 Å². The van der Waals surface area contributed by atoms with Crippen LogP contribution in [0.1, 0.15) is 57.0 Å². The van der Waals surface area contributed by atoms with Gasteiger partial charge in [0.2, 0.25) is 5.91 Å². The molecule has 1 aliphatic rings. The average Bonchev–Trinajstić information content (AvgIpc) is 3.17. The zero-order valence-electron chi connectivity index (χ0n) is 16.0. The van der Waals surface area contributed by atoms with Crippen molar-refractivity contribution >= 4 is 17.7 Å². The first kappa shape index (κ1) is 19.0. The third-order valence-corrected chi connectivity index (χ3v) is 6.10. The highest BCUT2D eigenvalue weighted by atomic mass is 32.2. The largest absolute Gasteiger partial charge is 0.346 e. The summed E-state index contributed by atoms with van der Waals surface area (Å²) in [5, 5.41) is -0.00357. The lowest BCUT2D eigenvalue weighted by atomic mass is 10.0. The Bertz CT molecular complexity index is 725. The van der Waals surface area contributed by atoms with E-state index in [-0.39, 0.29) is 17.2 Å². The lowest BCUT2D eigenvalue weighted by molar-refractivity contribution is -0.134. The second kappa shape index (κ2) is 8.76. The second-order valence-corrected chi connectivity index (χ2v) is 8.22. The maximum atomic E-state index is 12.8. The van der Waals surface area contributed by atoms with Gasteiger partial charge in [-0.25, -0.2) is 4.98 Å². The Labute approximate surface area is 160 Å². The lowest BCUT2D eigenvalue weighted by Gasteiger charge is -2.36. The number of aromatic amines is 1. The first-order valence-electron chi connectivity index (χ1n) is 9.62. The van der Waals surface area contributed by atoms with Crippen molar-refractivity contribution in [3.63, 3.8) is 0 Å². The van der Waals surface area contributed by atoms with Crippen LogP contribution in [0.2, 0.25) is 0 Å². The molecule has 2 atom stereocenters. The molecule has 1 N–H and O–H groups in total. The van der Waals surface area contributed by atoms with Crippen LogP contribution in [0.4, 0.5) is 0 Å². The molecule has 5 heteroatoms. The van der Waals surface area contributed by atoms with Gasteiger partial charge in [-0.3, -0.25) is 4.79 Å². The maximum Gasteiger partial charge on any atom is 0.236 e. The van der Waals surface area contributed by atoms with Crippen LogP contribution in [-0.2, 0) is 11.2 Å².